The standard InChI is InChI=1S/C20H21Cl2NO4/c1-12(2)18(23-19(24)16-9-6-14(21)10-17(16)22)20(25)27-11-13-4-7-15(26-3)8-5-13/h4-10,12,18H,11H2,1-3H3,(H,23,24)/t18-/m0/s1. The van der Waals surface area contributed by atoms with Crippen LogP contribution in [0.2, 0.25) is 10.0 Å². The molecular weight excluding hydrogens is 389 g/mol. The van der Waals surface area contributed by atoms with Crippen molar-refractivity contribution in [3.05, 3.63) is 63.6 Å². The van der Waals surface area contributed by atoms with Crippen LogP contribution < -0.4 is 10.1 Å². The number of ether oxygens (including phenoxy) is 2. The molecule has 0 aliphatic carbocycles. The first-order valence-electron chi connectivity index (χ1n) is 8.37. The van der Waals surface area contributed by atoms with Crippen molar-refractivity contribution in [2.45, 2.75) is 26.5 Å². The van der Waals surface area contributed by atoms with Gasteiger partial charge in [0.2, 0.25) is 0 Å². The summed E-state index contributed by atoms with van der Waals surface area (Å²) in [6.07, 6.45) is 0. The van der Waals surface area contributed by atoms with Gasteiger partial charge < -0.3 is 14.8 Å². The monoisotopic (exact) mass is 409 g/mol. The number of hydrogen-bond donors (Lipinski definition) is 1. The average Bonchev–Trinajstić information content (AvgIpc) is 2.64. The van der Waals surface area contributed by atoms with Gasteiger partial charge in [-0.2, -0.15) is 0 Å². The molecule has 0 radical (unpaired) electrons. The van der Waals surface area contributed by atoms with Gasteiger partial charge in [-0.05, 0) is 41.8 Å². The average molecular weight is 410 g/mol. The van der Waals surface area contributed by atoms with Gasteiger partial charge in [-0.1, -0.05) is 49.2 Å². The molecule has 5 nitrogen and oxygen atoms in total. The lowest BCUT2D eigenvalue weighted by Gasteiger charge is -2.21. The van der Waals surface area contributed by atoms with Crippen LogP contribution in [0.25, 0.3) is 0 Å². The third-order valence-corrected chi connectivity index (χ3v) is 4.47. The van der Waals surface area contributed by atoms with Gasteiger partial charge in [-0.15, -0.1) is 0 Å². The fraction of sp³-hybridized carbons (Fsp3) is 0.300. The zero-order valence-corrected chi connectivity index (χ0v) is 16.8. The molecule has 1 atom stereocenters. The fourth-order valence-corrected chi connectivity index (χ4v) is 2.85. The van der Waals surface area contributed by atoms with Crippen LogP contribution in [0.1, 0.15) is 29.8 Å². The number of halogens is 2. The summed E-state index contributed by atoms with van der Waals surface area (Å²) < 4.78 is 10.5. The van der Waals surface area contributed by atoms with E-state index >= 15 is 0 Å². The van der Waals surface area contributed by atoms with E-state index in [0.29, 0.717) is 5.02 Å². The molecule has 0 aliphatic rings. The Kier molecular flexibility index (Phi) is 7.51. The van der Waals surface area contributed by atoms with Crippen LogP contribution >= 0.6 is 23.2 Å². The topological polar surface area (TPSA) is 64.6 Å². The Morgan fingerprint density at radius 2 is 1.74 bits per heavy atom. The first-order valence-corrected chi connectivity index (χ1v) is 9.13. The summed E-state index contributed by atoms with van der Waals surface area (Å²) in [7, 11) is 1.58. The van der Waals surface area contributed by atoms with Gasteiger partial charge in [0.25, 0.3) is 5.91 Å². The van der Waals surface area contributed by atoms with E-state index in [1.807, 2.05) is 26.0 Å². The molecule has 0 saturated carbocycles. The van der Waals surface area contributed by atoms with Crippen LogP contribution in [0, 0.1) is 5.92 Å². The second-order valence-corrected chi connectivity index (χ2v) is 7.12. The summed E-state index contributed by atoms with van der Waals surface area (Å²) in [6, 6.07) is 10.9. The molecule has 2 aromatic rings. The van der Waals surface area contributed by atoms with E-state index in [0.717, 1.165) is 11.3 Å². The van der Waals surface area contributed by atoms with E-state index in [9.17, 15) is 9.59 Å². The van der Waals surface area contributed by atoms with Crippen molar-refractivity contribution < 1.29 is 19.1 Å². The molecule has 0 aliphatic heterocycles. The Labute approximate surface area is 168 Å². The minimum absolute atomic E-state index is 0.101. The minimum Gasteiger partial charge on any atom is -0.497 e. The van der Waals surface area contributed by atoms with Crippen molar-refractivity contribution in [3.8, 4) is 5.75 Å². The summed E-state index contributed by atoms with van der Waals surface area (Å²) in [5.41, 5.74) is 1.06. The molecular formula is C20H21Cl2NO4. The quantitative estimate of drug-likeness (QED) is 0.683. The van der Waals surface area contributed by atoms with Crippen molar-refractivity contribution in [2.24, 2.45) is 5.92 Å². The molecule has 0 saturated heterocycles. The normalized spacial score (nSPS) is 11.8. The maximum absolute atomic E-state index is 12.5. The number of amides is 1. The molecule has 2 aromatic carbocycles. The number of hydrogen-bond acceptors (Lipinski definition) is 4. The number of rotatable bonds is 7. The Morgan fingerprint density at radius 1 is 1.07 bits per heavy atom. The highest BCUT2D eigenvalue weighted by Gasteiger charge is 2.27. The predicted octanol–water partition coefficient (Wildman–Crippen LogP) is 4.50. The number of carbonyl (C=O) groups excluding carboxylic acids is 2. The third-order valence-electron chi connectivity index (χ3n) is 3.92. The van der Waals surface area contributed by atoms with E-state index in [2.05, 4.69) is 5.32 Å². The molecule has 27 heavy (non-hydrogen) atoms. The third kappa shape index (κ3) is 5.88. The summed E-state index contributed by atoms with van der Waals surface area (Å²) in [5.74, 6) is -0.420. The predicted molar refractivity (Wildman–Crippen MR) is 105 cm³/mol. The highest BCUT2D eigenvalue weighted by atomic mass is 35.5. The fourth-order valence-electron chi connectivity index (χ4n) is 2.36. The highest BCUT2D eigenvalue weighted by Crippen LogP contribution is 2.21. The van der Waals surface area contributed by atoms with Gasteiger partial charge in [-0.3, -0.25) is 4.79 Å². The van der Waals surface area contributed by atoms with Crippen LogP contribution in [0.3, 0.4) is 0 Å². The number of esters is 1. The molecule has 1 amide bonds. The first kappa shape index (κ1) is 21.1. The molecule has 2 rings (SSSR count). The zero-order chi connectivity index (χ0) is 20.0. The Balaban J connectivity index is 2.02. The van der Waals surface area contributed by atoms with Crippen LogP contribution in [0.4, 0.5) is 0 Å². The maximum Gasteiger partial charge on any atom is 0.329 e. The van der Waals surface area contributed by atoms with Gasteiger partial charge in [-0.25, -0.2) is 4.79 Å². The Hall–Kier alpha value is -2.24. The van der Waals surface area contributed by atoms with Crippen molar-refractivity contribution >= 4 is 35.1 Å². The second kappa shape index (κ2) is 9.62. The summed E-state index contributed by atoms with van der Waals surface area (Å²) >= 11 is 11.9. The van der Waals surface area contributed by atoms with E-state index in [1.54, 1.807) is 25.3 Å². The number of nitrogens with one attached hydrogen (secondary N) is 1. The number of carbonyl (C=O) groups is 2. The summed E-state index contributed by atoms with van der Waals surface area (Å²) in [6.45, 7) is 3.75. The lowest BCUT2D eigenvalue weighted by Crippen LogP contribution is -2.45. The lowest BCUT2D eigenvalue weighted by atomic mass is 10.0. The van der Waals surface area contributed by atoms with Crippen LogP contribution in [-0.4, -0.2) is 25.0 Å². The van der Waals surface area contributed by atoms with Gasteiger partial charge in [0.15, 0.2) is 0 Å². The SMILES string of the molecule is COc1ccc(COC(=O)[C@@H](NC(=O)c2ccc(Cl)cc2Cl)C(C)C)cc1. The van der Waals surface area contributed by atoms with Crippen molar-refractivity contribution in [1.29, 1.82) is 0 Å². The van der Waals surface area contributed by atoms with Gasteiger partial charge >= 0.3 is 5.97 Å². The van der Waals surface area contributed by atoms with Gasteiger partial charge in [0, 0.05) is 5.02 Å². The number of methoxy groups -OCH3 is 1. The molecule has 0 bridgehead atoms. The van der Waals surface area contributed by atoms with Crippen molar-refractivity contribution in [2.75, 3.05) is 7.11 Å². The molecule has 1 N–H and O–H groups in total. The summed E-state index contributed by atoms with van der Waals surface area (Å²) in [5, 5.41) is 3.33. The van der Waals surface area contributed by atoms with Crippen LogP contribution in [-0.2, 0) is 16.1 Å². The van der Waals surface area contributed by atoms with E-state index in [-0.39, 0.29) is 23.1 Å². The van der Waals surface area contributed by atoms with E-state index in [1.165, 1.54) is 12.1 Å². The van der Waals surface area contributed by atoms with Crippen molar-refractivity contribution in [3.63, 3.8) is 0 Å². The molecule has 0 heterocycles. The van der Waals surface area contributed by atoms with Gasteiger partial charge in [0.05, 0.1) is 17.7 Å². The zero-order valence-electron chi connectivity index (χ0n) is 15.3. The maximum atomic E-state index is 12.5. The molecule has 0 aromatic heterocycles. The van der Waals surface area contributed by atoms with Crippen LogP contribution in [0.5, 0.6) is 5.75 Å². The largest absolute Gasteiger partial charge is 0.497 e. The minimum atomic E-state index is -0.803. The Bertz CT molecular complexity index is 806. The highest BCUT2D eigenvalue weighted by molar-refractivity contribution is 6.36. The van der Waals surface area contributed by atoms with Crippen LogP contribution in [0.15, 0.2) is 42.5 Å². The molecule has 7 heteroatoms. The lowest BCUT2D eigenvalue weighted by molar-refractivity contribution is -0.148. The van der Waals surface area contributed by atoms with Gasteiger partial charge in [0.1, 0.15) is 18.4 Å². The van der Waals surface area contributed by atoms with Crippen molar-refractivity contribution in [1.82, 2.24) is 5.32 Å². The number of benzene rings is 2. The summed E-state index contributed by atoms with van der Waals surface area (Å²) in [4.78, 5) is 25.0. The molecule has 0 unspecified atom stereocenters. The molecule has 0 fully saturated rings. The first-order chi connectivity index (χ1) is 12.8. The van der Waals surface area contributed by atoms with E-state index < -0.39 is 17.9 Å². The molecule has 144 valence electrons. The smallest absolute Gasteiger partial charge is 0.329 e. The Morgan fingerprint density at radius 3 is 2.30 bits per heavy atom. The molecule has 0 spiro atoms. The van der Waals surface area contributed by atoms with E-state index in [4.69, 9.17) is 32.7 Å². The second-order valence-electron chi connectivity index (χ2n) is 6.28.